The molecule has 2 N–H and O–H groups in total. The molecule has 0 bridgehead atoms. The van der Waals surface area contributed by atoms with Gasteiger partial charge in [0.2, 0.25) is 0 Å². The quantitative estimate of drug-likeness (QED) is 0.547. The predicted molar refractivity (Wildman–Crippen MR) is 44.0 cm³/mol. The number of hydrogen-bond acceptors (Lipinski definition) is 2. The number of aliphatic hydroxyl groups is 1. The summed E-state index contributed by atoms with van der Waals surface area (Å²) in [6.07, 6.45) is 2.11. The third-order valence-corrected chi connectivity index (χ3v) is 1.69. The van der Waals surface area contributed by atoms with E-state index in [0.29, 0.717) is 12.5 Å². The summed E-state index contributed by atoms with van der Waals surface area (Å²) in [5.74, 6) is 0.657. The first-order valence-corrected chi connectivity index (χ1v) is 4.12. The molecule has 2 heteroatoms. The molecule has 2 nitrogen and oxygen atoms in total. The monoisotopic (exact) mass is 145 g/mol. The van der Waals surface area contributed by atoms with Crippen molar-refractivity contribution in [3.63, 3.8) is 0 Å². The van der Waals surface area contributed by atoms with Crippen molar-refractivity contribution in [1.29, 1.82) is 0 Å². The van der Waals surface area contributed by atoms with Crippen LogP contribution < -0.4 is 5.32 Å². The van der Waals surface area contributed by atoms with Crippen LogP contribution in [0.3, 0.4) is 0 Å². The lowest BCUT2D eigenvalue weighted by Gasteiger charge is -2.08. The zero-order chi connectivity index (χ0) is 7.82. The van der Waals surface area contributed by atoms with Crippen LogP contribution in [0.25, 0.3) is 0 Å². The minimum absolute atomic E-state index is 0.327. The SMILES string of the molecule is CCNCCC(C)CCO. The van der Waals surface area contributed by atoms with Gasteiger partial charge in [0.15, 0.2) is 0 Å². The Balaban J connectivity index is 2.97. The van der Waals surface area contributed by atoms with E-state index >= 15 is 0 Å². The minimum Gasteiger partial charge on any atom is -0.396 e. The molecule has 0 radical (unpaired) electrons. The Kier molecular flexibility index (Phi) is 6.98. The Morgan fingerprint density at radius 3 is 2.60 bits per heavy atom. The van der Waals surface area contributed by atoms with Gasteiger partial charge in [-0.05, 0) is 31.8 Å². The van der Waals surface area contributed by atoms with E-state index in [4.69, 9.17) is 5.11 Å². The van der Waals surface area contributed by atoms with Crippen molar-refractivity contribution in [2.75, 3.05) is 19.7 Å². The molecule has 1 atom stereocenters. The summed E-state index contributed by atoms with van der Waals surface area (Å²) in [4.78, 5) is 0. The molecule has 1 unspecified atom stereocenters. The summed E-state index contributed by atoms with van der Waals surface area (Å²) in [6, 6.07) is 0. The lowest BCUT2D eigenvalue weighted by Crippen LogP contribution is -2.16. The van der Waals surface area contributed by atoms with Gasteiger partial charge < -0.3 is 10.4 Å². The molecule has 0 rings (SSSR count). The Hall–Kier alpha value is -0.0800. The maximum absolute atomic E-state index is 8.57. The first kappa shape index (κ1) is 9.92. The lowest BCUT2D eigenvalue weighted by molar-refractivity contribution is 0.258. The molecule has 0 aromatic carbocycles. The number of nitrogens with one attached hydrogen (secondary N) is 1. The molecule has 0 saturated carbocycles. The van der Waals surface area contributed by atoms with Gasteiger partial charge in [0.1, 0.15) is 0 Å². The van der Waals surface area contributed by atoms with Crippen LogP contribution >= 0.6 is 0 Å². The zero-order valence-electron chi connectivity index (χ0n) is 7.06. The highest BCUT2D eigenvalue weighted by molar-refractivity contribution is 4.53. The Morgan fingerprint density at radius 1 is 1.40 bits per heavy atom. The second-order valence-electron chi connectivity index (χ2n) is 2.76. The molecular weight excluding hydrogens is 126 g/mol. The fourth-order valence-corrected chi connectivity index (χ4v) is 0.890. The largest absolute Gasteiger partial charge is 0.396 e. The summed E-state index contributed by atoms with van der Waals surface area (Å²) < 4.78 is 0. The van der Waals surface area contributed by atoms with Gasteiger partial charge in [0.05, 0.1) is 0 Å². The maximum atomic E-state index is 8.57. The van der Waals surface area contributed by atoms with Gasteiger partial charge in [-0.2, -0.15) is 0 Å². The van der Waals surface area contributed by atoms with Crippen LogP contribution in [0, 0.1) is 5.92 Å². The number of rotatable bonds is 6. The van der Waals surface area contributed by atoms with E-state index in [2.05, 4.69) is 19.2 Å². The highest BCUT2D eigenvalue weighted by atomic mass is 16.3. The van der Waals surface area contributed by atoms with E-state index in [1.54, 1.807) is 0 Å². The minimum atomic E-state index is 0.327. The van der Waals surface area contributed by atoms with Crippen LogP contribution in [0.1, 0.15) is 26.7 Å². The van der Waals surface area contributed by atoms with E-state index < -0.39 is 0 Å². The average molecular weight is 145 g/mol. The van der Waals surface area contributed by atoms with E-state index in [0.717, 1.165) is 19.5 Å². The highest BCUT2D eigenvalue weighted by Gasteiger charge is 1.98. The Bertz CT molecular complexity index is 66.3. The summed E-state index contributed by atoms with van der Waals surface area (Å²) in [5.41, 5.74) is 0. The maximum Gasteiger partial charge on any atom is 0.0433 e. The lowest BCUT2D eigenvalue weighted by atomic mass is 10.1. The molecule has 0 heterocycles. The van der Waals surface area contributed by atoms with E-state index in [9.17, 15) is 0 Å². The van der Waals surface area contributed by atoms with Crippen LogP contribution in [-0.2, 0) is 0 Å². The molecule has 62 valence electrons. The molecule has 0 aromatic rings. The van der Waals surface area contributed by atoms with Gasteiger partial charge in [-0.15, -0.1) is 0 Å². The average Bonchev–Trinajstić information content (AvgIpc) is 1.89. The Labute approximate surface area is 63.6 Å². The molecular formula is C8H19NO. The number of aliphatic hydroxyl groups excluding tert-OH is 1. The first-order chi connectivity index (χ1) is 4.81. The van der Waals surface area contributed by atoms with Gasteiger partial charge >= 0.3 is 0 Å². The highest BCUT2D eigenvalue weighted by Crippen LogP contribution is 2.04. The zero-order valence-corrected chi connectivity index (χ0v) is 7.06. The van der Waals surface area contributed by atoms with Crippen molar-refractivity contribution in [2.24, 2.45) is 5.92 Å². The second kappa shape index (κ2) is 7.03. The van der Waals surface area contributed by atoms with Gasteiger partial charge in [0, 0.05) is 6.61 Å². The molecule has 0 fully saturated rings. The standard InChI is InChI=1S/C8H19NO/c1-3-9-6-4-8(2)5-7-10/h8-10H,3-7H2,1-2H3. The fourth-order valence-electron chi connectivity index (χ4n) is 0.890. The van der Waals surface area contributed by atoms with Gasteiger partial charge in [-0.1, -0.05) is 13.8 Å². The molecule has 10 heavy (non-hydrogen) atoms. The third kappa shape index (κ3) is 6.05. The predicted octanol–water partition coefficient (Wildman–Crippen LogP) is 1.00. The van der Waals surface area contributed by atoms with Crippen molar-refractivity contribution in [3.05, 3.63) is 0 Å². The van der Waals surface area contributed by atoms with Crippen molar-refractivity contribution in [2.45, 2.75) is 26.7 Å². The molecule has 0 aliphatic rings. The van der Waals surface area contributed by atoms with Gasteiger partial charge in [0.25, 0.3) is 0 Å². The molecule has 0 aromatic heterocycles. The summed E-state index contributed by atoms with van der Waals surface area (Å²) in [7, 11) is 0. The van der Waals surface area contributed by atoms with Crippen LogP contribution in [0.5, 0.6) is 0 Å². The first-order valence-electron chi connectivity index (χ1n) is 4.12. The summed E-state index contributed by atoms with van der Waals surface area (Å²) >= 11 is 0. The fraction of sp³-hybridized carbons (Fsp3) is 1.00. The second-order valence-corrected chi connectivity index (χ2v) is 2.76. The Morgan fingerprint density at radius 2 is 2.10 bits per heavy atom. The van der Waals surface area contributed by atoms with Crippen LogP contribution in [0.2, 0.25) is 0 Å². The van der Waals surface area contributed by atoms with Gasteiger partial charge in [-0.3, -0.25) is 0 Å². The van der Waals surface area contributed by atoms with E-state index in [1.807, 2.05) is 0 Å². The van der Waals surface area contributed by atoms with Gasteiger partial charge in [-0.25, -0.2) is 0 Å². The molecule has 0 amide bonds. The van der Waals surface area contributed by atoms with Crippen LogP contribution in [0.15, 0.2) is 0 Å². The molecule has 0 aliphatic heterocycles. The van der Waals surface area contributed by atoms with Crippen molar-refractivity contribution < 1.29 is 5.11 Å². The summed E-state index contributed by atoms with van der Waals surface area (Å²) in [6.45, 7) is 6.74. The topological polar surface area (TPSA) is 32.3 Å². The summed E-state index contributed by atoms with van der Waals surface area (Å²) in [5, 5.41) is 11.8. The van der Waals surface area contributed by atoms with Crippen molar-refractivity contribution >= 4 is 0 Å². The van der Waals surface area contributed by atoms with Crippen LogP contribution in [0.4, 0.5) is 0 Å². The number of hydrogen-bond donors (Lipinski definition) is 2. The van der Waals surface area contributed by atoms with Crippen molar-refractivity contribution in [1.82, 2.24) is 5.32 Å². The van der Waals surface area contributed by atoms with E-state index in [-0.39, 0.29) is 0 Å². The normalized spacial score (nSPS) is 13.5. The third-order valence-electron chi connectivity index (χ3n) is 1.69. The van der Waals surface area contributed by atoms with E-state index in [1.165, 1.54) is 6.42 Å². The smallest absolute Gasteiger partial charge is 0.0433 e. The molecule has 0 saturated heterocycles. The van der Waals surface area contributed by atoms with Crippen molar-refractivity contribution in [3.8, 4) is 0 Å². The molecule has 0 spiro atoms. The van der Waals surface area contributed by atoms with Crippen LogP contribution in [-0.4, -0.2) is 24.8 Å². The molecule has 0 aliphatic carbocycles.